The fourth-order valence-electron chi connectivity index (χ4n) is 4.66. The van der Waals surface area contributed by atoms with Gasteiger partial charge in [0, 0.05) is 30.7 Å². The van der Waals surface area contributed by atoms with E-state index in [2.05, 4.69) is 5.32 Å². The van der Waals surface area contributed by atoms with E-state index in [4.69, 9.17) is 16.3 Å². The van der Waals surface area contributed by atoms with Crippen molar-refractivity contribution < 1.29 is 23.1 Å². The number of halogens is 3. The summed E-state index contributed by atoms with van der Waals surface area (Å²) in [6.45, 7) is 1.92. The molecule has 1 N–H and O–H groups in total. The highest BCUT2D eigenvalue weighted by atomic mass is 35.5. The summed E-state index contributed by atoms with van der Waals surface area (Å²) in [6, 6.07) is 8.06. The molecule has 2 amide bonds. The van der Waals surface area contributed by atoms with Gasteiger partial charge in [-0.2, -0.15) is 0 Å². The Bertz CT molecular complexity index is 1040. The third-order valence-corrected chi connectivity index (χ3v) is 6.93. The van der Waals surface area contributed by atoms with Gasteiger partial charge in [0.05, 0.1) is 17.7 Å². The quantitative estimate of drug-likeness (QED) is 0.613. The first-order chi connectivity index (χ1) is 15.9. The fourth-order valence-corrected chi connectivity index (χ4v) is 4.83. The van der Waals surface area contributed by atoms with Gasteiger partial charge in [-0.1, -0.05) is 24.4 Å². The molecule has 2 aliphatic heterocycles. The highest BCUT2D eigenvalue weighted by Gasteiger charge is 2.37. The molecule has 33 heavy (non-hydrogen) atoms. The van der Waals surface area contributed by atoms with Crippen molar-refractivity contribution in [2.24, 2.45) is 5.41 Å². The summed E-state index contributed by atoms with van der Waals surface area (Å²) in [6.07, 6.45) is 5.19. The smallest absolute Gasteiger partial charge is 0.256 e. The van der Waals surface area contributed by atoms with Crippen LogP contribution in [0.2, 0.25) is 5.02 Å². The highest BCUT2D eigenvalue weighted by molar-refractivity contribution is 6.31. The number of piperidine rings is 1. The van der Waals surface area contributed by atoms with Crippen molar-refractivity contribution in [2.45, 2.75) is 38.5 Å². The number of fused-ring (bicyclic) bond motifs is 1. The Labute approximate surface area is 197 Å². The van der Waals surface area contributed by atoms with E-state index in [0.29, 0.717) is 55.4 Å². The van der Waals surface area contributed by atoms with Crippen LogP contribution < -0.4 is 10.1 Å². The summed E-state index contributed by atoms with van der Waals surface area (Å²) < 4.78 is 33.1. The molecule has 1 fully saturated rings. The zero-order valence-electron chi connectivity index (χ0n) is 18.3. The van der Waals surface area contributed by atoms with Crippen LogP contribution in [0.1, 0.15) is 59.2 Å². The maximum atomic E-state index is 14.1. The molecule has 0 aromatic heterocycles. The Balaban J connectivity index is 1.47. The average Bonchev–Trinajstić information content (AvgIpc) is 2.80. The first-order valence-electron chi connectivity index (χ1n) is 11.3. The predicted molar refractivity (Wildman–Crippen MR) is 122 cm³/mol. The van der Waals surface area contributed by atoms with E-state index >= 15 is 0 Å². The molecule has 0 unspecified atom stereocenters. The highest BCUT2D eigenvalue weighted by Crippen LogP contribution is 2.37. The fraction of sp³-hybridized carbons (Fsp3) is 0.440. The van der Waals surface area contributed by atoms with E-state index in [1.54, 1.807) is 23.1 Å². The zero-order chi connectivity index (χ0) is 23.4. The van der Waals surface area contributed by atoms with Crippen molar-refractivity contribution >= 4 is 23.4 Å². The van der Waals surface area contributed by atoms with Crippen molar-refractivity contribution in [3.63, 3.8) is 0 Å². The van der Waals surface area contributed by atoms with Crippen molar-refractivity contribution in [1.82, 2.24) is 10.2 Å². The zero-order valence-corrected chi connectivity index (χ0v) is 19.1. The van der Waals surface area contributed by atoms with Gasteiger partial charge in [0.25, 0.3) is 11.8 Å². The molecule has 0 aliphatic carbocycles. The number of nitrogens with zero attached hydrogens (tertiary/aromatic N) is 1. The number of likely N-dealkylation sites (tertiary alicyclic amines) is 1. The summed E-state index contributed by atoms with van der Waals surface area (Å²) in [5.41, 5.74) is 0.150. The van der Waals surface area contributed by atoms with Crippen LogP contribution in [0.3, 0.4) is 0 Å². The molecule has 4 rings (SSSR count). The lowest BCUT2D eigenvalue weighted by Gasteiger charge is -2.42. The lowest BCUT2D eigenvalue weighted by Crippen LogP contribution is -2.48. The Kier molecular flexibility index (Phi) is 7.17. The summed E-state index contributed by atoms with van der Waals surface area (Å²) >= 11 is 6.11. The largest absolute Gasteiger partial charge is 0.493 e. The standard InChI is InChI=1S/C25H27ClF2N2O3/c26-17-4-7-22-20(14-17)23(31)29-16-25(8-2-1-3-13-33-22)9-11-30(12-10-25)24(32)19-6-5-18(27)15-21(19)28/h4-7,14-15H,1-3,8-13,16H2,(H,29,31). The molecule has 0 radical (unpaired) electrons. The Hall–Kier alpha value is -2.67. The van der Waals surface area contributed by atoms with Gasteiger partial charge in [0.15, 0.2) is 0 Å². The predicted octanol–water partition coefficient (Wildman–Crippen LogP) is 5.22. The number of carbonyl (C=O) groups excluding carboxylic acids is 2. The van der Waals surface area contributed by atoms with Gasteiger partial charge in [-0.25, -0.2) is 8.78 Å². The first kappa shape index (κ1) is 23.5. The van der Waals surface area contributed by atoms with E-state index in [0.717, 1.165) is 37.8 Å². The van der Waals surface area contributed by atoms with E-state index in [1.807, 2.05) is 0 Å². The molecule has 2 aliphatic rings. The van der Waals surface area contributed by atoms with Gasteiger partial charge in [0.2, 0.25) is 0 Å². The van der Waals surface area contributed by atoms with Crippen molar-refractivity contribution in [2.75, 3.05) is 26.2 Å². The number of carbonyl (C=O) groups is 2. The summed E-state index contributed by atoms with van der Waals surface area (Å²) in [5.74, 6) is -1.70. The maximum absolute atomic E-state index is 14.1. The monoisotopic (exact) mass is 476 g/mol. The minimum Gasteiger partial charge on any atom is -0.493 e. The van der Waals surface area contributed by atoms with E-state index in [9.17, 15) is 18.4 Å². The molecule has 0 saturated carbocycles. The van der Waals surface area contributed by atoms with Crippen LogP contribution in [-0.4, -0.2) is 43.0 Å². The van der Waals surface area contributed by atoms with Crippen LogP contribution in [0, 0.1) is 17.0 Å². The van der Waals surface area contributed by atoms with E-state index < -0.39 is 17.5 Å². The summed E-state index contributed by atoms with van der Waals surface area (Å²) in [4.78, 5) is 27.3. The second-order valence-corrected chi connectivity index (χ2v) is 9.34. The van der Waals surface area contributed by atoms with Crippen LogP contribution >= 0.6 is 11.6 Å². The van der Waals surface area contributed by atoms with Gasteiger partial charge in [-0.15, -0.1) is 0 Å². The number of rotatable bonds is 1. The van der Waals surface area contributed by atoms with Crippen LogP contribution in [-0.2, 0) is 0 Å². The third kappa shape index (κ3) is 5.46. The number of amides is 2. The van der Waals surface area contributed by atoms with Crippen LogP contribution in [0.5, 0.6) is 5.75 Å². The molecule has 1 spiro atoms. The molecule has 176 valence electrons. The number of benzene rings is 2. The molecule has 8 heteroatoms. The number of nitrogens with one attached hydrogen (secondary N) is 1. The molecular formula is C25H27ClF2N2O3. The topological polar surface area (TPSA) is 58.6 Å². The molecule has 2 aromatic carbocycles. The summed E-state index contributed by atoms with van der Waals surface area (Å²) in [5, 5.41) is 3.52. The Morgan fingerprint density at radius 3 is 2.58 bits per heavy atom. The molecule has 0 atom stereocenters. The van der Waals surface area contributed by atoms with Crippen LogP contribution in [0.15, 0.2) is 36.4 Å². The second-order valence-electron chi connectivity index (χ2n) is 8.90. The molecule has 5 nitrogen and oxygen atoms in total. The first-order valence-corrected chi connectivity index (χ1v) is 11.7. The van der Waals surface area contributed by atoms with Crippen LogP contribution in [0.4, 0.5) is 8.78 Å². The molecule has 2 heterocycles. The van der Waals surface area contributed by atoms with E-state index in [1.165, 1.54) is 6.07 Å². The van der Waals surface area contributed by atoms with Gasteiger partial charge in [-0.05, 0) is 61.4 Å². The van der Waals surface area contributed by atoms with Crippen molar-refractivity contribution in [3.8, 4) is 5.75 Å². The van der Waals surface area contributed by atoms with Crippen LogP contribution in [0.25, 0.3) is 0 Å². The molecule has 2 aromatic rings. The minimum atomic E-state index is -0.849. The molecule has 1 saturated heterocycles. The third-order valence-electron chi connectivity index (χ3n) is 6.69. The number of hydrogen-bond donors (Lipinski definition) is 1. The lowest BCUT2D eigenvalue weighted by molar-refractivity contribution is 0.0529. The van der Waals surface area contributed by atoms with Crippen molar-refractivity contribution in [3.05, 3.63) is 64.2 Å². The van der Waals surface area contributed by atoms with E-state index in [-0.39, 0.29) is 16.9 Å². The maximum Gasteiger partial charge on any atom is 0.256 e. The minimum absolute atomic E-state index is 0.118. The van der Waals surface area contributed by atoms with Gasteiger partial charge >= 0.3 is 0 Å². The van der Waals surface area contributed by atoms with Gasteiger partial charge in [-0.3, -0.25) is 9.59 Å². The second kappa shape index (κ2) is 10.1. The molecular weight excluding hydrogens is 450 g/mol. The summed E-state index contributed by atoms with van der Waals surface area (Å²) in [7, 11) is 0. The SMILES string of the molecule is O=C1NCC2(CCCCCOc3ccc(Cl)cc31)CCN(C(=O)c1ccc(F)cc1F)CC2. The Morgan fingerprint density at radius 2 is 1.82 bits per heavy atom. The van der Waals surface area contributed by atoms with Gasteiger partial charge < -0.3 is 15.0 Å². The Morgan fingerprint density at radius 1 is 1.03 bits per heavy atom. The normalized spacial score (nSPS) is 19.0. The lowest BCUT2D eigenvalue weighted by atomic mass is 9.74. The average molecular weight is 477 g/mol. The van der Waals surface area contributed by atoms with Gasteiger partial charge in [0.1, 0.15) is 17.4 Å². The molecule has 0 bridgehead atoms. The number of hydrogen-bond acceptors (Lipinski definition) is 3. The number of ether oxygens (including phenoxy) is 1. The van der Waals surface area contributed by atoms with Crippen molar-refractivity contribution in [1.29, 1.82) is 0 Å².